The topological polar surface area (TPSA) is 63.2 Å². The van der Waals surface area contributed by atoms with E-state index in [2.05, 4.69) is 10.2 Å². The van der Waals surface area contributed by atoms with Crippen LogP contribution in [0.5, 0.6) is 0 Å². The predicted octanol–water partition coefficient (Wildman–Crippen LogP) is 3.03. The molecule has 2 heterocycles. The number of hydrogen-bond donors (Lipinski definition) is 0. The maximum Gasteiger partial charge on any atom is 0.243 e. The summed E-state index contributed by atoms with van der Waals surface area (Å²) in [5, 5.41) is 10.1. The Labute approximate surface area is 141 Å². The van der Waals surface area contributed by atoms with E-state index < -0.39 is 10.0 Å². The van der Waals surface area contributed by atoms with Gasteiger partial charge in [-0.2, -0.15) is 4.31 Å². The summed E-state index contributed by atoms with van der Waals surface area (Å²) in [5.41, 5.74) is 1.88. The van der Waals surface area contributed by atoms with Crippen LogP contribution in [0.15, 0.2) is 23.1 Å². The monoisotopic (exact) mass is 351 g/mol. The highest BCUT2D eigenvalue weighted by Gasteiger charge is 2.33. The number of piperidine rings is 1. The van der Waals surface area contributed by atoms with Gasteiger partial charge in [-0.1, -0.05) is 17.7 Å². The van der Waals surface area contributed by atoms with Crippen molar-refractivity contribution in [3.05, 3.63) is 39.3 Å². The lowest BCUT2D eigenvalue weighted by atomic mass is 10.0. The van der Waals surface area contributed by atoms with Crippen molar-refractivity contribution < 1.29 is 8.42 Å². The van der Waals surface area contributed by atoms with Gasteiger partial charge in [0, 0.05) is 19.0 Å². The van der Waals surface area contributed by atoms with Crippen molar-refractivity contribution in [3.63, 3.8) is 0 Å². The highest BCUT2D eigenvalue weighted by molar-refractivity contribution is 7.89. The van der Waals surface area contributed by atoms with E-state index in [0.717, 1.165) is 34.0 Å². The van der Waals surface area contributed by atoms with Crippen LogP contribution in [0.3, 0.4) is 0 Å². The van der Waals surface area contributed by atoms with Crippen molar-refractivity contribution in [2.24, 2.45) is 0 Å². The van der Waals surface area contributed by atoms with Gasteiger partial charge in [-0.25, -0.2) is 8.42 Å². The molecule has 0 radical (unpaired) electrons. The average Bonchev–Trinajstić information content (AvgIpc) is 2.93. The summed E-state index contributed by atoms with van der Waals surface area (Å²) in [5.74, 6) is 0.149. The van der Waals surface area contributed by atoms with E-state index in [9.17, 15) is 8.42 Å². The molecule has 0 amide bonds. The minimum Gasteiger partial charge on any atom is -0.207 e. The molecule has 1 atom stereocenters. The molecule has 0 spiro atoms. The first-order chi connectivity index (χ1) is 10.9. The Bertz CT molecular complexity index is 814. The van der Waals surface area contributed by atoms with Crippen LogP contribution in [0.1, 0.15) is 39.9 Å². The van der Waals surface area contributed by atoms with Crippen LogP contribution in [-0.2, 0) is 10.0 Å². The summed E-state index contributed by atoms with van der Waals surface area (Å²) < 4.78 is 27.6. The largest absolute Gasteiger partial charge is 0.243 e. The van der Waals surface area contributed by atoms with E-state index in [0.29, 0.717) is 18.0 Å². The second kappa shape index (κ2) is 6.30. The van der Waals surface area contributed by atoms with Crippen LogP contribution in [0.2, 0.25) is 0 Å². The third-order valence-corrected chi connectivity index (χ3v) is 7.25. The Balaban J connectivity index is 1.87. The zero-order valence-corrected chi connectivity index (χ0v) is 15.2. The van der Waals surface area contributed by atoms with E-state index in [1.165, 1.54) is 0 Å². The standard InChI is InChI=1S/C16H21N3O2S2/c1-11-6-7-15(12(2)9-11)23(20,21)19-8-4-5-14(10-19)16-18-17-13(3)22-16/h6-7,9,14H,4-5,8,10H2,1-3H3/t14-/m1/s1. The third kappa shape index (κ3) is 3.32. The zero-order valence-electron chi connectivity index (χ0n) is 13.6. The molecule has 1 aliphatic rings. The van der Waals surface area contributed by atoms with Crippen LogP contribution in [0.25, 0.3) is 0 Å². The normalized spacial score (nSPS) is 19.9. The van der Waals surface area contributed by atoms with Crippen LogP contribution in [0, 0.1) is 20.8 Å². The Kier molecular flexibility index (Phi) is 4.53. The Morgan fingerprint density at radius 2 is 2.00 bits per heavy atom. The molecule has 7 heteroatoms. The summed E-state index contributed by atoms with van der Waals surface area (Å²) in [7, 11) is -3.45. The fourth-order valence-electron chi connectivity index (χ4n) is 3.07. The van der Waals surface area contributed by atoms with E-state index in [1.807, 2.05) is 32.9 Å². The molecule has 124 valence electrons. The molecular weight excluding hydrogens is 330 g/mol. The number of hydrogen-bond acceptors (Lipinski definition) is 5. The second-order valence-electron chi connectivity index (χ2n) is 6.13. The summed E-state index contributed by atoms with van der Waals surface area (Å²) in [6.45, 7) is 6.82. The zero-order chi connectivity index (χ0) is 16.6. The smallest absolute Gasteiger partial charge is 0.207 e. The van der Waals surface area contributed by atoms with Crippen molar-refractivity contribution in [2.45, 2.75) is 44.4 Å². The van der Waals surface area contributed by atoms with Gasteiger partial charge >= 0.3 is 0 Å². The minimum absolute atomic E-state index is 0.149. The fraction of sp³-hybridized carbons (Fsp3) is 0.500. The lowest BCUT2D eigenvalue weighted by Crippen LogP contribution is -2.39. The molecule has 0 aliphatic carbocycles. The SMILES string of the molecule is Cc1ccc(S(=O)(=O)N2CCC[C@@H](c3nnc(C)s3)C2)c(C)c1. The molecule has 0 unspecified atom stereocenters. The van der Waals surface area contributed by atoms with Crippen LogP contribution in [0.4, 0.5) is 0 Å². The lowest BCUT2D eigenvalue weighted by Gasteiger charge is -2.31. The van der Waals surface area contributed by atoms with Gasteiger partial charge in [-0.3, -0.25) is 0 Å². The van der Waals surface area contributed by atoms with Gasteiger partial charge in [0.15, 0.2) is 0 Å². The van der Waals surface area contributed by atoms with Crippen LogP contribution >= 0.6 is 11.3 Å². The molecule has 0 saturated carbocycles. The molecule has 23 heavy (non-hydrogen) atoms. The minimum atomic E-state index is -3.45. The van der Waals surface area contributed by atoms with Gasteiger partial charge in [0.2, 0.25) is 10.0 Å². The average molecular weight is 351 g/mol. The maximum absolute atomic E-state index is 13.0. The maximum atomic E-state index is 13.0. The summed E-state index contributed by atoms with van der Waals surface area (Å²) in [6.07, 6.45) is 1.82. The van der Waals surface area contributed by atoms with Crippen molar-refractivity contribution in [2.75, 3.05) is 13.1 Å². The molecule has 3 rings (SSSR count). The van der Waals surface area contributed by atoms with Gasteiger partial charge in [0.05, 0.1) is 4.90 Å². The Morgan fingerprint density at radius 3 is 2.65 bits per heavy atom. The Morgan fingerprint density at radius 1 is 1.22 bits per heavy atom. The van der Waals surface area contributed by atoms with E-state index in [4.69, 9.17) is 0 Å². The van der Waals surface area contributed by atoms with Crippen molar-refractivity contribution in [1.29, 1.82) is 0 Å². The summed E-state index contributed by atoms with van der Waals surface area (Å²) in [4.78, 5) is 0.414. The van der Waals surface area contributed by atoms with Crippen LogP contribution in [-0.4, -0.2) is 36.0 Å². The number of nitrogens with zero attached hydrogens (tertiary/aromatic N) is 3. The molecule has 0 bridgehead atoms. The van der Waals surface area contributed by atoms with Crippen LogP contribution < -0.4 is 0 Å². The fourth-order valence-corrected chi connectivity index (χ4v) is 5.62. The number of rotatable bonds is 3. The highest BCUT2D eigenvalue weighted by atomic mass is 32.2. The summed E-state index contributed by atoms with van der Waals surface area (Å²) in [6, 6.07) is 5.50. The third-order valence-electron chi connectivity index (χ3n) is 4.22. The first kappa shape index (κ1) is 16.5. The molecule has 0 N–H and O–H groups in total. The number of aromatic nitrogens is 2. The number of sulfonamides is 1. The van der Waals surface area contributed by atoms with Crippen molar-refractivity contribution >= 4 is 21.4 Å². The number of aryl methyl sites for hydroxylation is 3. The number of benzene rings is 1. The first-order valence-electron chi connectivity index (χ1n) is 7.75. The molecule has 1 aliphatic heterocycles. The first-order valence-corrected chi connectivity index (χ1v) is 10.0. The second-order valence-corrected chi connectivity index (χ2v) is 9.25. The molecule has 5 nitrogen and oxygen atoms in total. The molecule has 1 aromatic heterocycles. The Hall–Kier alpha value is -1.31. The molecule has 1 aromatic carbocycles. The van der Waals surface area contributed by atoms with Crippen molar-refractivity contribution in [3.8, 4) is 0 Å². The van der Waals surface area contributed by atoms with Gasteiger partial charge in [0.1, 0.15) is 10.0 Å². The van der Waals surface area contributed by atoms with Gasteiger partial charge < -0.3 is 0 Å². The van der Waals surface area contributed by atoms with Gasteiger partial charge in [-0.05, 0) is 45.2 Å². The van der Waals surface area contributed by atoms with Gasteiger partial charge in [0.25, 0.3) is 0 Å². The summed E-state index contributed by atoms with van der Waals surface area (Å²) >= 11 is 1.56. The highest BCUT2D eigenvalue weighted by Crippen LogP contribution is 2.32. The molecule has 2 aromatic rings. The van der Waals surface area contributed by atoms with E-state index in [-0.39, 0.29) is 5.92 Å². The van der Waals surface area contributed by atoms with E-state index >= 15 is 0 Å². The molecule has 1 saturated heterocycles. The van der Waals surface area contributed by atoms with E-state index in [1.54, 1.807) is 21.7 Å². The van der Waals surface area contributed by atoms with Gasteiger partial charge in [-0.15, -0.1) is 21.5 Å². The molecular formula is C16H21N3O2S2. The predicted molar refractivity (Wildman–Crippen MR) is 91.3 cm³/mol. The van der Waals surface area contributed by atoms with Crippen molar-refractivity contribution in [1.82, 2.24) is 14.5 Å². The quantitative estimate of drug-likeness (QED) is 0.853. The molecule has 1 fully saturated rings. The lowest BCUT2D eigenvalue weighted by molar-refractivity contribution is 0.314.